The Morgan fingerprint density at radius 2 is 2.35 bits per heavy atom. The van der Waals surface area contributed by atoms with Crippen molar-refractivity contribution < 1.29 is 14.3 Å². The fourth-order valence-electron chi connectivity index (χ4n) is 3.93. The number of likely N-dealkylation sites (tertiary alicyclic amines) is 1. The third-order valence-corrected chi connectivity index (χ3v) is 5.72. The molecule has 7 nitrogen and oxygen atoms in total. The Balaban J connectivity index is 1.56. The van der Waals surface area contributed by atoms with Gasteiger partial charge in [-0.2, -0.15) is 0 Å². The zero-order chi connectivity index (χ0) is 16.2. The molecular formula is C15H20N4O3S. The SMILES string of the molecule is CN(C)Cc1nc(C(=O)N2CC[C@@]34OCCN3C(=O)C[C@@H]24)cs1. The first-order valence-electron chi connectivity index (χ1n) is 7.86. The molecule has 3 saturated heterocycles. The lowest BCUT2D eigenvalue weighted by Gasteiger charge is -2.31. The topological polar surface area (TPSA) is 66.0 Å². The van der Waals surface area contributed by atoms with E-state index in [1.807, 2.05) is 29.3 Å². The summed E-state index contributed by atoms with van der Waals surface area (Å²) < 4.78 is 5.92. The number of carbonyl (C=O) groups excluding carboxylic acids is 2. The van der Waals surface area contributed by atoms with Crippen molar-refractivity contribution in [1.29, 1.82) is 0 Å². The Morgan fingerprint density at radius 1 is 1.52 bits per heavy atom. The maximum atomic E-state index is 12.9. The molecule has 0 aliphatic carbocycles. The lowest BCUT2D eigenvalue weighted by Crippen LogP contribution is -2.48. The molecular weight excluding hydrogens is 316 g/mol. The van der Waals surface area contributed by atoms with Gasteiger partial charge in [0.2, 0.25) is 5.91 Å². The third kappa shape index (κ3) is 2.20. The molecule has 1 spiro atoms. The van der Waals surface area contributed by atoms with Crippen LogP contribution in [0.15, 0.2) is 5.38 Å². The fourth-order valence-corrected chi connectivity index (χ4v) is 4.82. The molecule has 1 aromatic rings. The van der Waals surface area contributed by atoms with Crippen LogP contribution in [-0.2, 0) is 16.1 Å². The molecule has 2 atom stereocenters. The standard InChI is InChI=1S/C15H20N4O3S/c1-17(2)8-12-16-10(9-23-12)14(21)18-4-3-15-11(18)7-13(20)19(15)5-6-22-15/h9,11H,3-8H2,1-2H3/t11-,15+/m1/s1. The van der Waals surface area contributed by atoms with Crippen LogP contribution in [0.3, 0.4) is 0 Å². The summed E-state index contributed by atoms with van der Waals surface area (Å²) >= 11 is 1.50. The predicted molar refractivity (Wildman–Crippen MR) is 84.0 cm³/mol. The number of ether oxygens (including phenoxy) is 1. The van der Waals surface area contributed by atoms with Crippen molar-refractivity contribution in [2.24, 2.45) is 0 Å². The van der Waals surface area contributed by atoms with Gasteiger partial charge in [0.05, 0.1) is 19.1 Å². The Morgan fingerprint density at radius 3 is 3.13 bits per heavy atom. The van der Waals surface area contributed by atoms with Gasteiger partial charge in [0.15, 0.2) is 5.72 Å². The van der Waals surface area contributed by atoms with Gasteiger partial charge in [-0.15, -0.1) is 11.3 Å². The van der Waals surface area contributed by atoms with Crippen LogP contribution in [0, 0.1) is 0 Å². The van der Waals surface area contributed by atoms with Gasteiger partial charge in [-0.3, -0.25) is 9.59 Å². The molecule has 1 aromatic heterocycles. The molecule has 0 radical (unpaired) electrons. The van der Waals surface area contributed by atoms with Gasteiger partial charge in [-0.05, 0) is 14.1 Å². The highest BCUT2D eigenvalue weighted by atomic mass is 32.1. The lowest BCUT2D eigenvalue weighted by atomic mass is 10.1. The second kappa shape index (κ2) is 5.25. The Kier molecular flexibility index (Phi) is 3.44. The summed E-state index contributed by atoms with van der Waals surface area (Å²) in [6, 6.07) is -0.177. The maximum absolute atomic E-state index is 12.9. The van der Waals surface area contributed by atoms with Crippen molar-refractivity contribution >= 4 is 23.2 Å². The van der Waals surface area contributed by atoms with Crippen molar-refractivity contribution in [2.75, 3.05) is 33.8 Å². The largest absolute Gasteiger partial charge is 0.351 e. The van der Waals surface area contributed by atoms with E-state index in [-0.39, 0.29) is 17.9 Å². The van der Waals surface area contributed by atoms with Crippen LogP contribution in [0.25, 0.3) is 0 Å². The first kappa shape index (κ1) is 15.0. The van der Waals surface area contributed by atoms with E-state index in [1.54, 1.807) is 4.90 Å². The Labute approximate surface area is 138 Å². The normalized spacial score (nSPS) is 29.5. The lowest BCUT2D eigenvalue weighted by molar-refractivity contribution is -0.136. The van der Waals surface area contributed by atoms with Gasteiger partial charge in [-0.1, -0.05) is 0 Å². The quantitative estimate of drug-likeness (QED) is 0.798. The molecule has 23 heavy (non-hydrogen) atoms. The summed E-state index contributed by atoms with van der Waals surface area (Å²) in [6.45, 7) is 2.55. The Hall–Kier alpha value is -1.51. The minimum atomic E-state index is -0.574. The molecule has 2 amide bonds. The molecule has 0 saturated carbocycles. The van der Waals surface area contributed by atoms with Gasteiger partial charge in [-0.25, -0.2) is 4.98 Å². The van der Waals surface area contributed by atoms with Gasteiger partial charge in [0.25, 0.3) is 5.91 Å². The molecule has 0 unspecified atom stereocenters. The van der Waals surface area contributed by atoms with E-state index >= 15 is 0 Å². The van der Waals surface area contributed by atoms with Crippen LogP contribution >= 0.6 is 11.3 Å². The highest BCUT2D eigenvalue weighted by Crippen LogP contribution is 2.45. The van der Waals surface area contributed by atoms with Crippen LogP contribution in [0.4, 0.5) is 0 Å². The molecule has 0 N–H and O–H groups in total. The summed E-state index contributed by atoms with van der Waals surface area (Å²) in [4.78, 5) is 35.1. The zero-order valence-electron chi connectivity index (χ0n) is 13.3. The van der Waals surface area contributed by atoms with Crippen molar-refractivity contribution in [2.45, 2.75) is 31.2 Å². The van der Waals surface area contributed by atoms with Crippen molar-refractivity contribution in [3.8, 4) is 0 Å². The van der Waals surface area contributed by atoms with E-state index in [0.717, 1.165) is 11.6 Å². The number of rotatable bonds is 3. The third-order valence-electron chi connectivity index (χ3n) is 4.88. The molecule has 4 rings (SSSR count). The molecule has 3 aliphatic rings. The summed E-state index contributed by atoms with van der Waals surface area (Å²) in [5.74, 6) is 0.00913. The molecule has 4 heterocycles. The first-order chi connectivity index (χ1) is 11.0. The van der Waals surface area contributed by atoms with Gasteiger partial charge in [0.1, 0.15) is 10.7 Å². The number of thiazole rings is 1. The molecule has 124 valence electrons. The average Bonchev–Trinajstić information content (AvgIpc) is 3.21. The average molecular weight is 336 g/mol. The zero-order valence-corrected chi connectivity index (χ0v) is 14.1. The van der Waals surface area contributed by atoms with Crippen molar-refractivity contribution in [3.05, 3.63) is 16.1 Å². The van der Waals surface area contributed by atoms with Gasteiger partial charge in [0, 0.05) is 31.4 Å². The molecule has 3 fully saturated rings. The van der Waals surface area contributed by atoms with Crippen LogP contribution in [-0.4, -0.2) is 77.1 Å². The number of hydrogen-bond donors (Lipinski definition) is 0. The summed E-state index contributed by atoms with van der Waals surface area (Å²) in [6.07, 6.45) is 1.06. The van der Waals surface area contributed by atoms with Crippen LogP contribution in [0.2, 0.25) is 0 Å². The maximum Gasteiger partial charge on any atom is 0.273 e. The van der Waals surface area contributed by atoms with E-state index in [1.165, 1.54) is 11.3 Å². The molecule has 3 aliphatic heterocycles. The number of nitrogens with zero attached hydrogens (tertiary/aromatic N) is 4. The van der Waals surface area contributed by atoms with Gasteiger partial charge < -0.3 is 19.4 Å². The van der Waals surface area contributed by atoms with Gasteiger partial charge >= 0.3 is 0 Å². The number of carbonyl (C=O) groups is 2. The smallest absolute Gasteiger partial charge is 0.273 e. The fraction of sp³-hybridized carbons (Fsp3) is 0.667. The van der Waals surface area contributed by atoms with Crippen LogP contribution in [0.5, 0.6) is 0 Å². The number of aromatic nitrogens is 1. The first-order valence-corrected chi connectivity index (χ1v) is 8.74. The van der Waals surface area contributed by atoms with E-state index < -0.39 is 5.72 Å². The number of amides is 2. The number of hydrogen-bond acceptors (Lipinski definition) is 6. The molecule has 0 bridgehead atoms. The highest BCUT2D eigenvalue weighted by Gasteiger charge is 2.63. The molecule has 8 heteroatoms. The van der Waals surface area contributed by atoms with E-state index in [9.17, 15) is 9.59 Å². The van der Waals surface area contributed by atoms with Crippen LogP contribution in [0.1, 0.15) is 28.3 Å². The van der Waals surface area contributed by atoms with Crippen molar-refractivity contribution in [1.82, 2.24) is 19.7 Å². The molecule has 0 aromatic carbocycles. The minimum Gasteiger partial charge on any atom is -0.351 e. The Bertz CT molecular complexity index is 661. The second-order valence-electron chi connectivity index (χ2n) is 6.57. The van der Waals surface area contributed by atoms with Crippen molar-refractivity contribution in [3.63, 3.8) is 0 Å². The summed E-state index contributed by atoms with van der Waals surface area (Å²) in [5.41, 5.74) is -0.0947. The second-order valence-corrected chi connectivity index (χ2v) is 7.51. The predicted octanol–water partition coefficient (Wildman–Crippen LogP) is 0.378. The summed E-state index contributed by atoms with van der Waals surface area (Å²) in [5, 5.41) is 2.74. The van der Waals surface area contributed by atoms with E-state index in [4.69, 9.17) is 4.74 Å². The highest BCUT2D eigenvalue weighted by molar-refractivity contribution is 7.09. The van der Waals surface area contributed by atoms with Crippen LogP contribution < -0.4 is 0 Å². The minimum absolute atomic E-state index is 0.0849. The summed E-state index contributed by atoms with van der Waals surface area (Å²) in [7, 11) is 3.95. The van der Waals surface area contributed by atoms with E-state index in [2.05, 4.69) is 4.98 Å². The van der Waals surface area contributed by atoms with E-state index in [0.29, 0.717) is 38.2 Å². The monoisotopic (exact) mass is 336 g/mol.